The highest BCUT2D eigenvalue weighted by atomic mass is 19.4. The van der Waals surface area contributed by atoms with Crippen molar-refractivity contribution in [2.24, 2.45) is 5.92 Å². The number of halogens is 3. The molecular formula is C14H16F3NO3. The van der Waals surface area contributed by atoms with Gasteiger partial charge in [0.05, 0.1) is 6.10 Å². The molecule has 4 nitrogen and oxygen atoms in total. The van der Waals surface area contributed by atoms with E-state index in [2.05, 4.69) is 10.1 Å². The maximum absolute atomic E-state index is 12.0. The molecule has 0 heterocycles. The standard InChI is InChI=1S/C14H16F3NO3/c1-8(19)7-18-13(20)12-6-11(12)9-2-4-10(5-3-9)21-14(15,16)17/h2-5,8,11-12,19H,6-7H2,1H3,(H,18,20). The van der Waals surface area contributed by atoms with E-state index in [4.69, 9.17) is 5.11 Å². The van der Waals surface area contributed by atoms with Crippen LogP contribution in [0.25, 0.3) is 0 Å². The zero-order valence-corrected chi connectivity index (χ0v) is 11.4. The molecule has 1 amide bonds. The molecule has 1 aromatic rings. The van der Waals surface area contributed by atoms with E-state index in [0.717, 1.165) is 5.56 Å². The van der Waals surface area contributed by atoms with Crippen molar-refractivity contribution < 1.29 is 27.8 Å². The molecule has 3 unspecified atom stereocenters. The number of carbonyl (C=O) groups is 1. The Labute approximate surface area is 119 Å². The SMILES string of the molecule is CC(O)CNC(=O)C1CC1c1ccc(OC(F)(F)F)cc1. The number of aliphatic hydroxyl groups is 1. The third-order valence-electron chi connectivity index (χ3n) is 3.24. The van der Waals surface area contributed by atoms with Gasteiger partial charge in [-0.15, -0.1) is 13.2 Å². The highest BCUT2D eigenvalue weighted by Gasteiger charge is 2.43. The number of amides is 1. The molecule has 1 aliphatic carbocycles. The zero-order valence-electron chi connectivity index (χ0n) is 11.4. The average molecular weight is 303 g/mol. The van der Waals surface area contributed by atoms with Crippen molar-refractivity contribution in [3.8, 4) is 5.75 Å². The summed E-state index contributed by atoms with van der Waals surface area (Å²) in [6.45, 7) is 1.77. The van der Waals surface area contributed by atoms with Crippen LogP contribution in [-0.4, -0.2) is 30.0 Å². The predicted molar refractivity (Wildman–Crippen MR) is 68.7 cm³/mol. The van der Waals surface area contributed by atoms with Crippen LogP contribution in [0.4, 0.5) is 13.2 Å². The van der Waals surface area contributed by atoms with E-state index in [-0.39, 0.29) is 30.0 Å². The summed E-state index contributed by atoms with van der Waals surface area (Å²) in [6.07, 6.45) is -4.65. The fraction of sp³-hybridized carbons (Fsp3) is 0.500. The van der Waals surface area contributed by atoms with Crippen molar-refractivity contribution in [3.63, 3.8) is 0 Å². The van der Waals surface area contributed by atoms with Crippen LogP contribution in [0.15, 0.2) is 24.3 Å². The number of hydrogen-bond acceptors (Lipinski definition) is 3. The van der Waals surface area contributed by atoms with Crippen molar-refractivity contribution in [3.05, 3.63) is 29.8 Å². The predicted octanol–water partition coefficient (Wildman–Crippen LogP) is 2.19. The fourth-order valence-corrected chi connectivity index (χ4v) is 2.15. The summed E-state index contributed by atoms with van der Waals surface area (Å²) in [5.41, 5.74) is 0.807. The molecule has 1 aromatic carbocycles. The molecule has 1 aliphatic rings. The topological polar surface area (TPSA) is 58.6 Å². The second-order valence-corrected chi connectivity index (χ2v) is 5.16. The number of aliphatic hydroxyl groups excluding tert-OH is 1. The van der Waals surface area contributed by atoms with Crippen LogP contribution in [0, 0.1) is 5.92 Å². The van der Waals surface area contributed by atoms with Crippen LogP contribution < -0.4 is 10.1 Å². The van der Waals surface area contributed by atoms with Crippen molar-refractivity contribution in [1.29, 1.82) is 0 Å². The van der Waals surface area contributed by atoms with E-state index in [1.54, 1.807) is 6.92 Å². The molecule has 0 spiro atoms. The normalized spacial score (nSPS) is 22.5. The number of ether oxygens (including phenoxy) is 1. The van der Waals surface area contributed by atoms with Gasteiger partial charge in [-0.05, 0) is 37.0 Å². The highest BCUT2D eigenvalue weighted by Crippen LogP contribution is 2.47. The quantitative estimate of drug-likeness (QED) is 0.876. The van der Waals surface area contributed by atoms with Gasteiger partial charge in [-0.2, -0.15) is 0 Å². The van der Waals surface area contributed by atoms with E-state index in [1.165, 1.54) is 24.3 Å². The summed E-state index contributed by atoms with van der Waals surface area (Å²) in [6, 6.07) is 5.55. The van der Waals surface area contributed by atoms with Crippen LogP contribution in [0.5, 0.6) is 5.75 Å². The van der Waals surface area contributed by atoms with Gasteiger partial charge in [-0.1, -0.05) is 12.1 Å². The zero-order chi connectivity index (χ0) is 15.6. The minimum atomic E-state index is -4.70. The summed E-state index contributed by atoms with van der Waals surface area (Å²) in [7, 11) is 0. The third kappa shape index (κ3) is 4.63. The van der Waals surface area contributed by atoms with Gasteiger partial charge >= 0.3 is 6.36 Å². The van der Waals surface area contributed by atoms with Crippen molar-refractivity contribution >= 4 is 5.91 Å². The van der Waals surface area contributed by atoms with Crippen molar-refractivity contribution in [2.45, 2.75) is 31.7 Å². The Balaban J connectivity index is 1.88. The first-order valence-electron chi connectivity index (χ1n) is 6.58. The second kappa shape index (κ2) is 5.93. The molecule has 116 valence electrons. The van der Waals surface area contributed by atoms with Crippen molar-refractivity contribution in [1.82, 2.24) is 5.32 Å². The molecule has 0 radical (unpaired) electrons. The van der Waals surface area contributed by atoms with Gasteiger partial charge in [0.1, 0.15) is 5.75 Å². The van der Waals surface area contributed by atoms with E-state index in [1.807, 2.05) is 0 Å². The van der Waals surface area contributed by atoms with Crippen LogP contribution in [0.1, 0.15) is 24.8 Å². The van der Waals surface area contributed by atoms with E-state index in [9.17, 15) is 18.0 Å². The number of alkyl halides is 3. The minimum Gasteiger partial charge on any atom is -0.406 e. The Bertz CT molecular complexity index is 499. The van der Waals surface area contributed by atoms with E-state index < -0.39 is 12.5 Å². The average Bonchev–Trinajstić information content (AvgIpc) is 3.15. The Morgan fingerprint density at radius 1 is 1.43 bits per heavy atom. The van der Waals surface area contributed by atoms with Gasteiger partial charge in [0, 0.05) is 12.5 Å². The summed E-state index contributed by atoms with van der Waals surface area (Å²) in [5.74, 6) is -0.587. The highest BCUT2D eigenvalue weighted by molar-refractivity contribution is 5.82. The van der Waals surface area contributed by atoms with Crippen LogP contribution in [0.3, 0.4) is 0 Å². The van der Waals surface area contributed by atoms with Gasteiger partial charge in [0.2, 0.25) is 5.91 Å². The second-order valence-electron chi connectivity index (χ2n) is 5.16. The number of rotatable bonds is 5. The molecule has 2 N–H and O–H groups in total. The Morgan fingerprint density at radius 3 is 2.57 bits per heavy atom. The molecular weight excluding hydrogens is 287 g/mol. The lowest BCUT2D eigenvalue weighted by Gasteiger charge is -2.09. The molecule has 0 aromatic heterocycles. The summed E-state index contributed by atoms with van der Waals surface area (Å²) >= 11 is 0. The number of carbonyl (C=O) groups excluding carboxylic acids is 1. The van der Waals surface area contributed by atoms with Gasteiger partial charge in [-0.25, -0.2) is 0 Å². The summed E-state index contributed by atoms with van der Waals surface area (Å²) < 4.78 is 39.9. The molecule has 3 atom stereocenters. The fourth-order valence-electron chi connectivity index (χ4n) is 2.15. The lowest BCUT2D eigenvalue weighted by molar-refractivity contribution is -0.274. The Kier molecular flexibility index (Phi) is 4.41. The smallest absolute Gasteiger partial charge is 0.406 e. The number of hydrogen-bond donors (Lipinski definition) is 2. The lowest BCUT2D eigenvalue weighted by Crippen LogP contribution is -2.31. The van der Waals surface area contributed by atoms with Crippen LogP contribution in [-0.2, 0) is 4.79 Å². The first kappa shape index (κ1) is 15.6. The molecule has 21 heavy (non-hydrogen) atoms. The number of nitrogens with one attached hydrogen (secondary N) is 1. The van der Waals surface area contributed by atoms with E-state index >= 15 is 0 Å². The molecule has 0 saturated heterocycles. The Hall–Kier alpha value is -1.76. The summed E-state index contributed by atoms with van der Waals surface area (Å²) in [5, 5.41) is 11.7. The van der Waals surface area contributed by atoms with Gasteiger partial charge < -0.3 is 15.2 Å². The molecule has 1 fully saturated rings. The van der Waals surface area contributed by atoms with Crippen molar-refractivity contribution in [2.75, 3.05) is 6.54 Å². The van der Waals surface area contributed by atoms with Gasteiger partial charge in [-0.3, -0.25) is 4.79 Å². The number of benzene rings is 1. The first-order valence-corrected chi connectivity index (χ1v) is 6.58. The molecule has 0 bridgehead atoms. The molecule has 7 heteroatoms. The molecule has 0 aliphatic heterocycles. The van der Waals surface area contributed by atoms with Crippen LogP contribution in [0.2, 0.25) is 0 Å². The maximum Gasteiger partial charge on any atom is 0.573 e. The molecule has 1 saturated carbocycles. The summed E-state index contributed by atoms with van der Waals surface area (Å²) in [4.78, 5) is 11.8. The first-order chi connectivity index (χ1) is 9.76. The van der Waals surface area contributed by atoms with Crippen LogP contribution >= 0.6 is 0 Å². The lowest BCUT2D eigenvalue weighted by atomic mass is 10.1. The molecule has 2 rings (SSSR count). The third-order valence-corrected chi connectivity index (χ3v) is 3.24. The maximum atomic E-state index is 12.0. The Morgan fingerprint density at radius 2 is 2.05 bits per heavy atom. The monoisotopic (exact) mass is 303 g/mol. The van der Waals surface area contributed by atoms with E-state index in [0.29, 0.717) is 6.42 Å². The minimum absolute atomic E-state index is 0.0129. The van der Waals surface area contributed by atoms with Gasteiger partial charge in [0.15, 0.2) is 0 Å². The largest absolute Gasteiger partial charge is 0.573 e. The van der Waals surface area contributed by atoms with Gasteiger partial charge in [0.25, 0.3) is 0 Å².